The van der Waals surface area contributed by atoms with E-state index in [4.69, 9.17) is 0 Å². The van der Waals surface area contributed by atoms with E-state index in [1.807, 2.05) is 13.8 Å². The maximum atomic E-state index is 13.4. The molecule has 0 aromatic carbocycles. The number of aromatic nitrogens is 3. The lowest BCUT2D eigenvalue weighted by Gasteiger charge is -2.13. The number of nitrogens with one attached hydrogen (secondary N) is 1. The minimum absolute atomic E-state index is 0.359. The molecule has 0 aliphatic rings. The number of aryl methyl sites for hydroxylation is 1. The molecule has 0 spiro atoms. The molecule has 0 amide bonds. The average molecular weight is 274 g/mol. The Kier molecular flexibility index (Phi) is 4.61. The molecule has 0 aliphatic carbocycles. The van der Waals surface area contributed by atoms with Crippen molar-refractivity contribution in [1.82, 2.24) is 15.0 Å². The molecule has 1 N–H and O–H groups in total. The van der Waals surface area contributed by atoms with Crippen LogP contribution in [0.3, 0.4) is 0 Å². The topological polar surface area (TPSA) is 50.7 Å². The van der Waals surface area contributed by atoms with Crippen molar-refractivity contribution in [2.24, 2.45) is 0 Å². The Bertz CT molecular complexity index is 598. The molecular weight excluding hydrogens is 255 g/mol. The van der Waals surface area contributed by atoms with Gasteiger partial charge in [0.25, 0.3) is 0 Å². The number of rotatable bonds is 5. The Balaban J connectivity index is 2.55. The van der Waals surface area contributed by atoms with Crippen LogP contribution in [0.15, 0.2) is 18.5 Å². The predicted octanol–water partition coefficient (Wildman–Crippen LogP) is 3.37. The molecular formula is C15H19FN4. The summed E-state index contributed by atoms with van der Waals surface area (Å²) in [6, 6.07) is 1.45. The van der Waals surface area contributed by atoms with E-state index >= 15 is 0 Å². The summed E-state index contributed by atoms with van der Waals surface area (Å²) in [6.45, 7) is 6.82. The molecule has 2 rings (SSSR count). The van der Waals surface area contributed by atoms with Crippen molar-refractivity contribution in [2.45, 2.75) is 33.6 Å². The first-order chi connectivity index (χ1) is 9.65. The second-order valence-electron chi connectivity index (χ2n) is 4.63. The van der Waals surface area contributed by atoms with Gasteiger partial charge in [-0.15, -0.1) is 0 Å². The van der Waals surface area contributed by atoms with E-state index in [9.17, 15) is 4.39 Å². The minimum Gasteiger partial charge on any atom is -0.370 e. The maximum absolute atomic E-state index is 13.4. The number of nitrogens with zero attached hydrogens (tertiary/aromatic N) is 3. The average Bonchev–Trinajstić information content (AvgIpc) is 2.43. The van der Waals surface area contributed by atoms with E-state index in [0.29, 0.717) is 5.56 Å². The quantitative estimate of drug-likeness (QED) is 0.908. The van der Waals surface area contributed by atoms with Crippen molar-refractivity contribution < 1.29 is 4.39 Å². The zero-order valence-electron chi connectivity index (χ0n) is 12.1. The van der Waals surface area contributed by atoms with Gasteiger partial charge in [0.15, 0.2) is 0 Å². The summed E-state index contributed by atoms with van der Waals surface area (Å²) < 4.78 is 13.4. The maximum Gasteiger partial charge on any atom is 0.142 e. The van der Waals surface area contributed by atoms with Crippen LogP contribution in [-0.4, -0.2) is 21.5 Å². The molecule has 2 aromatic heterocycles. The normalized spacial score (nSPS) is 10.6. The van der Waals surface area contributed by atoms with Gasteiger partial charge in [0.1, 0.15) is 17.5 Å². The van der Waals surface area contributed by atoms with E-state index < -0.39 is 0 Å². The standard InChI is InChI=1S/C15H19FN4/c1-4-6-13-19-14(10(3)15(20-13)18-5-2)11-7-12(16)9-17-8-11/h7-9H,4-6H2,1-3H3,(H,18,19,20). The first-order valence-electron chi connectivity index (χ1n) is 6.88. The lowest BCUT2D eigenvalue weighted by atomic mass is 10.1. The number of hydrogen-bond acceptors (Lipinski definition) is 4. The summed E-state index contributed by atoms with van der Waals surface area (Å²) in [6.07, 6.45) is 4.59. The van der Waals surface area contributed by atoms with Crippen molar-refractivity contribution in [3.05, 3.63) is 35.7 Å². The highest BCUT2D eigenvalue weighted by Crippen LogP contribution is 2.26. The van der Waals surface area contributed by atoms with Gasteiger partial charge in [-0.2, -0.15) is 0 Å². The summed E-state index contributed by atoms with van der Waals surface area (Å²) in [5.74, 6) is 1.22. The molecule has 0 atom stereocenters. The molecule has 4 nitrogen and oxygen atoms in total. The third-order valence-electron chi connectivity index (χ3n) is 2.99. The van der Waals surface area contributed by atoms with E-state index in [-0.39, 0.29) is 5.82 Å². The summed E-state index contributed by atoms with van der Waals surface area (Å²) in [4.78, 5) is 13.0. The zero-order valence-corrected chi connectivity index (χ0v) is 12.1. The van der Waals surface area contributed by atoms with Gasteiger partial charge in [-0.25, -0.2) is 14.4 Å². The van der Waals surface area contributed by atoms with Crippen LogP contribution in [0.4, 0.5) is 10.2 Å². The SMILES string of the molecule is CCCc1nc(NCC)c(C)c(-c2cncc(F)c2)n1. The number of hydrogen-bond donors (Lipinski definition) is 1. The highest BCUT2D eigenvalue weighted by atomic mass is 19.1. The third kappa shape index (κ3) is 3.10. The van der Waals surface area contributed by atoms with Crippen LogP contribution in [0.1, 0.15) is 31.7 Å². The fraction of sp³-hybridized carbons (Fsp3) is 0.400. The van der Waals surface area contributed by atoms with Crippen LogP contribution in [0.5, 0.6) is 0 Å². The number of halogens is 1. The molecule has 2 aromatic rings. The summed E-state index contributed by atoms with van der Waals surface area (Å²) in [7, 11) is 0. The van der Waals surface area contributed by atoms with E-state index in [1.165, 1.54) is 12.3 Å². The largest absolute Gasteiger partial charge is 0.370 e. The molecule has 0 saturated carbocycles. The summed E-state index contributed by atoms with van der Waals surface area (Å²) in [5, 5.41) is 3.23. The van der Waals surface area contributed by atoms with Crippen LogP contribution in [-0.2, 0) is 6.42 Å². The second kappa shape index (κ2) is 6.41. The lowest BCUT2D eigenvalue weighted by Crippen LogP contribution is -2.08. The molecule has 0 saturated heterocycles. The van der Waals surface area contributed by atoms with Crippen molar-refractivity contribution in [2.75, 3.05) is 11.9 Å². The molecule has 2 heterocycles. The fourth-order valence-corrected chi connectivity index (χ4v) is 2.06. The molecule has 0 fully saturated rings. The molecule has 0 aliphatic heterocycles. The van der Waals surface area contributed by atoms with Gasteiger partial charge in [-0.05, 0) is 26.3 Å². The first-order valence-corrected chi connectivity index (χ1v) is 6.88. The Labute approximate surface area is 118 Å². The Hall–Kier alpha value is -2.04. The summed E-state index contributed by atoms with van der Waals surface area (Å²) >= 11 is 0. The predicted molar refractivity (Wildman–Crippen MR) is 78.1 cm³/mol. The lowest BCUT2D eigenvalue weighted by molar-refractivity contribution is 0.622. The molecule has 20 heavy (non-hydrogen) atoms. The van der Waals surface area contributed by atoms with Crippen LogP contribution in [0.25, 0.3) is 11.3 Å². The fourth-order valence-electron chi connectivity index (χ4n) is 2.06. The van der Waals surface area contributed by atoms with Crippen LogP contribution in [0.2, 0.25) is 0 Å². The summed E-state index contributed by atoms with van der Waals surface area (Å²) in [5.41, 5.74) is 2.34. The van der Waals surface area contributed by atoms with Gasteiger partial charge in [-0.1, -0.05) is 6.92 Å². The van der Waals surface area contributed by atoms with Gasteiger partial charge in [-0.3, -0.25) is 4.98 Å². The van der Waals surface area contributed by atoms with Crippen LogP contribution in [0, 0.1) is 12.7 Å². The van der Waals surface area contributed by atoms with Crippen LogP contribution >= 0.6 is 0 Å². The zero-order chi connectivity index (χ0) is 14.5. The highest BCUT2D eigenvalue weighted by Gasteiger charge is 2.12. The Morgan fingerprint density at radius 3 is 2.65 bits per heavy atom. The Morgan fingerprint density at radius 2 is 2.00 bits per heavy atom. The number of anilines is 1. The van der Waals surface area contributed by atoms with Gasteiger partial charge < -0.3 is 5.32 Å². The molecule has 106 valence electrons. The van der Waals surface area contributed by atoms with Crippen molar-refractivity contribution in [3.63, 3.8) is 0 Å². The van der Waals surface area contributed by atoms with E-state index in [2.05, 4.69) is 27.2 Å². The first kappa shape index (κ1) is 14.4. The van der Waals surface area contributed by atoms with Crippen LogP contribution < -0.4 is 5.32 Å². The molecule has 0 radical (unpaired) electrons. The van der Waals surface area contributed by atoms with Gasteiger partial charge in [0.2, 0.25) is 0 Å². The third-order valence-corrected chi connectivity index (χ3v) is 2.99. The van der Waals surface area contributed by atoms with Gasteiger partial charge in [0.05, 0.1) is 11.9 Å². The van der Waals surface area contributed by atoms with Gasteiger partial charge in [0, 0.05) is 30.3 Å². The monoisotopic (exact) mass is 274 g/mol. The van der Waals surface area contributed by atoms with Crippen molar-refractivity contribution in [3.8, 4) is 11.3 Å². The molecule has 0 bridgehead atoms. The highest BCUT2D eigenvalue weighted by molar-refractivity contribution is 5.67. The van der Waals surface area contributed by atoms with Crippen molar-refractivity contribution in [1.29, 1.82) is 0 Å². The number of pyridine rings is 1. The van der Waals surface area contributed by atoms with E-state index in [0.717, 1.165) is 42.3 Å². The van der Waals surface area contributed by atoms with Crippen molar-refractivity contribution >= 4 is 5.82 Å². The minimum atomic E-state index is -0.359. The van der Waals surface area contributed by atoms with E-state index in [1.54, 1.807) is 6.20 Å². The smallest absolute Gasteiger partial charge is 0.142 e. The van der Waals surface area contributed by atoms with Gasteiger partial charge >= 0.3 is 0 Å². The Morgan fingerprint density at radius 1 is 1.20 bits per heavy atom. The molecule has 5 heteroatoms. The second-order valence-corrected chi connectivity index (χ2v) is 4.63. The molecule has 0 unspecified atom stereocenters.